The molecule has 108 valence electrons. The summed E-state index contributed by atoms with van der Waals surface area (Å²) in [6.07, 6.45) is -1.71. The minimum atomic E-state index is -4.03. The Morgan fingerprint density at radius 2 is 1.83 bits per heavy atom. The van der Waals surface area contributed by atoms with Crippen molar-refractivity contribution in [1.82, 2.24) is 10.2 Å². The molecule has 0 radical (unpaired) electrons. The van der Waals surface area contributed by atoms with E-state index < -0.39 is 12.6 Å². The highest BCUT2D eigenvalue weighted by Gasteiger charge is 2.25. The summed E-state index contributed by atoms with van der Waals surface area (Å²) in [5, 5.41) is 3.11. The predicted molar refractivity (Wildman–Crippen MR) is 77.5 cm³/mol. The van der Waals surface area contributed by atoms with E-state index in [0.717, 1.165) is 31.9 Å². The number of likely N-dealkylation sites (tertiary alicyclic amines) is 1. The molecule has 0 unspecified atom stereocenters. The molecule has 0 aromatic carbocycles. The van der Waals surface area contributed by atoms with Crippen LogP contribution in [0, 0.1) is 0 Å². The quantitative estimate of drug-likeness (QED) is 0.352. The number of aliphatic imine (C=N–C) groups is 1. The van der Waals surface area contributed by atoms with Crippen molar-refractivity contribution in [2.45, 2.75) is 38.3 Å². The van der Waals surface area contributed by atoms with Crippen LogP contribution >= 0.6 is 24.0 Å². The molecule has 0 bridgehead atoms. The zero-order valence-corrected chi connectivity index (χ0v) is 12.9. The highest BCUT2D eigenvalue weighted by atomic mass is 127. The van der Waals surface area contributed by atoms with Crippen LogP contribution in [0.5, 0.6) is 0 Å². The Hall–Kier alpha value is -0.210. The van der Waals surface area contributed by atoms with Crippen LogP contribution in [0.4, 0.5) is 13.2 Å². The van der Waals surface area contributed by atoms with E-state index in [1.165, 1.54) is 0 Å². The summed E-state index contributed by atoms with van der Waals surface area (Å²) < 4.78 is 35.7. The zero-order valence-electron chi connectivity index (χ0n) is 10.6. The number of rotatable bonds is 4. The average Bonchev–Trinajstić information content (AvgIpc) is 2.75. The second-order valence-electron chi connectivity index (χ2n) is 4.24. The number of halogens is 4. The van der Waals surface area contributed by atoms with E-state index in [0.29, 0.717) is 13.0 Å². The lowest BCUT2D eigenvalue weighted by atomic mass is 10.2. The zero-order chi connectivity index (χ0) is 12.7. The van der Waals surface area contributed by atoms with Gasteiger partial charge in [-0.2, -0.15) is 13.2 Å². The van der Waals surface area contributed by atoms with Gasteiger partial charge in [0, 0.05) is 33.1 Å². The van der Waals surface area contributed by atoms with Crippen molar-refractivity contribution in [2.24, 2.45) is 4.99 Å². The van der Waals surface area contributed by atoms with Crippen molar-refractivity contribution in [1.29, 1.82) is 0 Å². The average molecular weight is 379 g/mol. The molecule has 0 aromatic rings. The van der Waals surface area contributed by atoms with Crippen molar-refractivity contribution in [2.75, 3.05) is 26.7 Å². The van der Waals surface area contributed by atoms with Crippen LogP contribution < -0.4 is 5.32 Å². The van der Waals surface area contributed by atoms with Gasteiger partial charge in [-0.15, -0.1) is 24.0 Å². The minimum Gasteiger partial charge on any atom is -0.356 e. The fourth-order valence-electron chi connectivity index (χ4n) is 1.91. The fraction of sp³-hybridized carbons (Fsp3) is 0.909. The van der Waals surface area contributed by atoms with E-state index in [1.54, 1.807) is 7.05 Å². The van der Waals surface area contributed by atoms with Crippen molar-refractivity contribution >= 4 is 29.9 Å². The van der Waals surface area contributed by atoms with E-state index in [-0.39, 0.29) is 30.4 Å². The fourth-order valence-corrected chi connectivity index (χ4v) is 1.91. The first kappa shape index (κ1) is 17.8. The third-order valence-electron chi connectivity index (χ3n) is 2.79. The van der Waals surface area contributed by atoms with Crippen LogP contribution in [0.1, 0.15) is 32.1 Å². The maximum atomic E-state index is 11.9. The lowest BCUT2D eigenvalue weighted by Gasteiger charge is -2.20. The largest absolute Gasteiger partial charge is 0.389 e. The summed E-state index contributed by atoms with van der Waals surface area (Å²) in [6, 6.07) is 0. The molecule has 1 saturated heterocycles. The minimum absolute atomic E-state index is 0. The Balaban J connectivity index is 0.00000289. The van der Waals surface area contributed by atoms with Gasteiger partial charge in [-0.25, -0.2) is 0 Å². The molecule has 3 nitrogen and oxygen atoms in total. The lowest BCUT2D eigenvalue weighted by molar-refractivity contribution is -0.135. The summed E-state index contributed by atoms with van der Waals surface area (Å²) in [4.78, 5) is 6.27. The highest BCUT2D eigenvalue weighted by Crippen LogP contribution is 2.21. The van der Waals surface area contributed by atoms with E-state index >= 15 is 0 Å². The normalized spacial score (nSPS) is 16.7. The van der Waals surface area contributed by atoms with Gasteiger partial charge in [-0.3, -0.25) is 4.99 Å². The summed E-state index contributed by atoms with van der Waals surface area (Å²) in [6.45, 7) is 2.53. The van der Waals surface area contributed by atoms with Crippen molar-refractivity contribution < 1.29 is 13.2 Å². The van der Waals surface area contributed by atoms with Gasteiger partial charge in [0.1, 0.15) is 0 Å². The first-order valence-corrected chi connectivity index (χ1v) is 6.05. The monoisotopic (exact) mass is 379 g/mol. The van der Waals surface area contributed by atoms with Gasteiger partial charge in [0.05, 0.1) is 0 Å². The van der Waals surface area contributed by atoms with Gasteiger partial charge >= 0.3 is 6.18 Å². The predicted octanol–water partition coefficient (Wildman–Crippen LogP) is 3.01. The summed E-state index contributed by atoms with van der Waals surface area (Å²) >= 11 is 0. The molecule has 1 fully saturated rings. The van der Waals surface area contributed by atoms with Crippen LogP contribution in [0.2, 0.25) is 0 Å². The van der Waals surface area contributed by atoms with Gasteiger partial charge in [-0.1, -0.05) is 0 Å². The van der Waals surface area contributed by atoms with Gasteiger partial charge in [-0.05, 0) is 25.7 Å². The molecule has 18 heavy (non-hydrogen) atoms. The molecule has 0 amide bonds. The van der Waals surface area contributed by atoms with Gasteiger partial charge < -0.3 is 10.2 Å². The lowest BCUT2D eigenvalue weighted by Crippen LogP contribution is -2.39. The summed E-state index contributed by atoms with van der Waals surface area (Å²) in [7, 11) is 1.70. The molecular weight excluding hydrogens is 358 g/mol. The number of guanidine groups is 1. The van der Waals surface area contributed by atoms with E-state index in [4.69, 9.17) is 0 Å². The molecule has 1 heterocycles. The maximum Gasteiger partial charge on any atom is 0.389 e. The molecule has 0 aliphatic carbocycles. The third-order valence-corrected chi connectivity index (χ3v) is 2.79. The molecule has 0 saturated carbocycles. The van der Waals surface area contributed by atoms with Crippen molar-refractivity contribution in [3.63, 3.8) is 0 Å². The van der Waals surface area contributed by atoms with E-state index in [2.05, 4.69) is 15.2 Å². The number of hydrogen-bond donors (Lipinski definition) is 1. The SMILES string of the molecule is CN=C(NCCCCC(F)(F)F)N1CCCC1.I. The number of alkyl halides is 3. The number of nitrogens with zero attached hydrogens (tertiary/aromatic N) is 2. The smallest absolute Gasteiger partial charge is 0.356 e. The molecule has 1 aliphatic rings. The number of hydrogen-bond acceptors (Lipinski definition) is 1. The molecule has 0 atom stereocenters. The Kier molecular flexibility index (Phi) is 8.71. The Labute approximate surface area is 123 Å². The summed E-state index contributed by atoms with van der Waals surface area (Å²) in [5.41, 5.74) is 0. The Morgan fingerprint density at radius 3 is 2.33 bits per heavy atom. The second-order valence-corrected chi connectivity index (χ2v) is 4.24. The molecular formula is C11H21F3IN3. The standard InChI is InChI=1S/C11H20F3N3.HI/c1-15-10(17-8-4-5-9-17)16-7-3-2-6-11(12,13)14;/h2-9H2,1H3,(H,15,16);1H. The molecule has 1 aliphatic heterocycles. The molecule has 1 N–H and O–H groups in total. The van der Waals surface area contributed by atoms with E-state index in [9.17, 15) is 13.2 Å². The van der Waals surface area contributed by atoms with Crippen LogP contribution in [-0.4, -0.2) is 43.7 Å². The van der Waals surface area contributed by atoms with E-state index in [1.807, 2.05) is 0 Å². The van der Waals surface area contributed by atoms with Crippen LogP contribution in [0.25, 0.3) is 0 Å². The van der Waals surface area contributed by atoms with Gasteiger partial charge in [0.25, 0.3) is 0 Å². The molecule has 0 aromatic heterocycles. The van der Waals surface area contributed by atoms with Gasteiger partial charge in [0.15, 0.2) is 5.96 Å². The van der Waals surface area contributed by atoms with Crippen molar-refractivity contribution in [3.8, 4) is 0 Å². The van der Waals surface area contributed by atoms with Crippen LogP contribution in [-0.2, 0) is 0 Å². The Morgan fingerprint density at radius 1 is 1.22 bits per heavy atom. The Bertz CT molecular complexity index is 250. The molecule has 1 rings (SSSR count). The highest BCUT2D eigenvalue weighted by molar-refractivity contribution is 14.0. The van der Waals surface area contributed by atoms with Crippen LogP contribution in [0.3, 0.4) is 0 Å². The number of unbranched alkanes of at least 4 members (excludes halogenated alkanes) is 1. The number of nitrogens with one attached hydrogen (secondary N) is 1. The van der Waals surface area contributed by atoms with Gasteiger partial charge in [0.2, 0.25) is 0 Å². The third kappa shape index (κ3) is 7.27. The summed E-state index contributed by atoms with van der Waals surface area (Å²) in [5.74, 6) is 0.814. The van der Waals surface area contributed by atoms with Crippen LogP contribution in [0.15, 0.2) is 4.99 Å². The topological polar surface area (TPSA) is 27.6 Å². The molecule has 0 spiro atoms. The molecule has 7 heteroatoms. The first-order chi connectivity index (χ1) is 8.03. The van der Waals surface area contributed by atoms with Crippen molar-refractivity contribution in [3.05, 3.63) is 0 Å². The maximum absolute atomic E-state index is 11.9. The second kappa shape index (κ2) is 8.82. The first-order valence-electron chi connectivity index (χ1n) is 6.05.